The molecule has 5 rings (SSSR count). The second kappa shape index (κ2) is 17.1. The smallest absolute Gasteiger partial charge is 0.493 e. The van der Waals surface area contributed by atoms with Gasteiger partial charge in [0.2, 0.25) is 0 Å². The number of hydrogen-bond acceptors (Lipinski definition) is 11. The number of halogens is 1. The van der Waals surface area contributed by atoms with Crippen LogP contribution in [-0.2, 0) is 19.8 Å². The predicted molar refractivity (Wildman–Crippen MR) is 214 cm³/mol. The quantitative estimate of drug-likeness (QED) is 0.0935. The van der Waals surface area contributed by atoms with Gasteiger partial charge < -0.3 is 34.3 Å². The number of ether oxygens (including phenoxy) is 4. The average molecular weight is 790 g/mol. The summed E-state index contributed by atoms with van der Waals surface area (Å²) >= 11 is 0. The van der Waals surface area contributed by atoms with Crippen LogP contribution in [-0.4, -0.2) is 59.7 Å². The Balaban J connectivity index is 1.58. The van der Waals surface area contributed by atoms with Gasteiger partial charge in [-0.05, 0) is 107 Å². The van der Waals surface area contributed by atoms with E-state index in [4.69, 9.17) is 29.0 Å². The molecule has 2 N–H and O–H groups in total. The lowest BCUT2D eigenvalue weighted by Gasteiger charge is -2.43. The number of hydrogen-bond donors (Lipinski definition) is 2. The summed E-state index contributed by atoms with van der Waals surface area (Å²) in [6, 6.07) is 20.2. The SMILES string of the molecule is COc1ccc(-c2cnc(N3CCC(NC(=O)OC(C)(C)C)(c4ccc(/C=C/C(=O)O)cc4)CC3)c(C#N)c2-c2ccc(C#N)c(F)c2)cc1OC(=O)OC(C)(C)C. The third-order valence-corrected chi connectivity index (χ3v) is 9.14. The van der Waals surface area contributed by atoms with E-state index in [9.17, 15) is 24.9 Å². The number of carboxylic acid groups (broad SMARTS) is 1. The summed E-state index contributed by atoms with van der Waals surface area (Å²) in [6.07, 6.45) is 3.20. The fraction of sp³-hybridized carbons (Fsp3) is 0.318. The maximum Gasteiger partial charge on any atom is 0.514 e. The van der Waals surface area contributed by atoms with Crippen molar-refractivity contribution in [3.05, 3.63) is 101 Å². The van der Waals surface area contributed by atoms with E-state index in [-0.39, 0.29) is 22.6 Å². The van der Waals surface area contributed by atoms with Gasteiger partial charge in [0, 0.05) is 36.5 Å². The van der Waals surface area contributed by atoms with Crippen molar-refractivity contribution >= 4 is 30.1 Å². The first-order valence-corrected chi connectivity index (χ1v) is 18.4. The molecule has 0 bridgehead atoms. The molecule has 58 heavy (non-hydrogen) atoms. The van der Waals surface area contributed by atoms with Gasteiger partial charge in [0.1, 0.15) is 40.5 Å². The number of piperidine rings is 1. The maximum atomic E-state index is 15.3. The number of benzene rings is 3. The van der Waals surface area contributed by atoms with Crippen molar-refractivity contribution in [3.8, 4) is 45.9 Å². The Morgan fingerprint density at radius 3 is 2.12 bits per heavy atom. The number of pyridine rings is 1. The zero-order valence-electron chi connectivity index (χ0n) is 33.3. The summed E-state index contributed by atoms with van der Waals surface area (Å²) in [5.41, 5.74) is 0.337. The van der Waals surface area contributed by atoms with Gasteiger partial charge in [0.05, 0.1) is 18.2 Å². The van der Waals surface area contributed by atoms with Crippen molar-refractivity contribution in [2.75, 3.05) is 25.1 Å². The minimum absolute atomic E-state index is 0.0320. The number of aliphatic carboxylic acids is 1. The number of rotatable bonds is 9. The second-order valence-corrected chi connectivity index (χ2v) is 15.6. The van der Waals surface area contributed by atoms with Crippen LogP contribution in [0.3, 0.4) is 0 Å². The van der Waals surface area contributed by atoms with Crippen LogP contribution in [0.4, 0.5) is 19.8 Å². The van der Waals surface area contributed by atoms with Crippen LogP contribution < -0.4 is 19.7 Å². The van der Waals surface area contributed by atoms with E-state index >= 15 is 4.39 Å². The molecule has 300 valence electrons. The van der Waals surface area contributed by atoms with Crippen molar-refractivity contribution < 1.29 is 42.8 Å². The Morgan fingerprint density at radius 1 is 0.897 bits per heavy atom. The first-order valence-electron chi connectivity index (χ1n) is 18.4. The number of methoxy groups -OCH3 is 1. The van der Waals surface area contributed by atoms with E-state index < -0.39 is 40.8 Å². The maximum absolute atomic E-state index is 15.3. The Hall–Kier alpha value is -6.93. The van der Waals surface area contributed by atoms with Crippen molar-refractivity contribution in [1.82, 2.24) is 10.3 Å². The van der Waals surface area contributed by atoms with Gasteiger partial charge in [0.15, 0.2) is 11.5 Å². The number of anilines is 1. The first kappa shape index (κ1) is 42.2. The first-order chi connectivity index (χ1) is 27.3. The number of amides is 1. The molecule has 4 aromatic rings. The lowest BCUT2D eigenvalue weighted by Crippen LogP contribution is -2.54. The Kier molecular flexibility index (Phi) is 12.4. The zero-order valence-corrected chi connectivity index (χ0v) is 33.3. The van der Waals surface area contributed by atoms with Crippen LogP contribution >= 0.6 is 0 Å². The lowest BCUT2D eigenvalue weighted by molar-refractivity contribution is -0.131. The van der Waals surface area contributed by atoms with Crippen LogP contribution in [0.15, 0.2) is 72.9 Å². The molecule has 1 aromatic heterocycles. The van der Waals surface area contributed by atoms with Crippen LogP contribution in [0, 0.1) is 28.5 Å². The zero-order chi connectivity index (χ0) is 42.4. The molecule has 1 saturated heterocycles. The topological polar surface area (TPSA) is 184 Å². The highest BCUT2D eigenvalue weighted by molar-refractivity contribution is 5.91. The third kappa shape index (κ3) is 10.1. The van der Waals surface area contributed by atoms with Crippen LogP contribution in [0.25, 0.3) is 28.3 Å². The number of nitrogens with zero attached hydrogens (tertiary/aromatic N) is 4. The van der Waals surface area contributed by atoms with Crippen molar-refractivity contribution in [1.29, 1.82) is 10.5 Å². The van der Waals surface area contributed by atoms with Crippen molar-refractivity contribution in [2.24, 2.45) is 0 Å². The molecule has 13 nitrogen and oxygen atoms in total. The number of nitriles is 2. The second-order valence-electron chi connectivity index (χ2n) is 15.6. The molecule has 0 spiro atoms. The van der Waals surface area contributed by atoms with Gasteiger partial charge >= 0.3 is 18.2 Å². The Labute approximate surface area is 336 Å². The Bertz CT molecular complexity index is 2320. The largest absolute Gasteiger partial charge is 0.514 e. The van der Waals surface area contributed by atoms with Gasteiger partial charge in [0.25, 0.3) is 0 Å². The molecule has 14 heteroatoms. The lowest BCUT2D eigenvalue weighted by atomic mass is 9.80. The third-order valence-electron chi connectivity index (χ3n) is 9.14. The van der Waals surface area contributed by atoms with E-state index in [1.165, 1.54) is 31.4 Å². The fourth-order valence-electron chi connectivity index (χ4n) is 6.58. The highest BCUT2D eigenvalue weighted by Gasteiger charge is 2.40. The number of carbonyl (C=O) groups excluding carboxylic acids is 2. The molecule has 3 aromatic carbocycles. The van der Waals surface area contributed by atoms with Crippen molar-refractivity contribution in [2.45, 2.75) is 71.1 Å². The molecule has 1 aliphatic heterocycles. The van der Waals surface area contributed by atoms with Gasteiger partial charge in [-0.15, -0.1) is 0 Å². The monoisotopic (exact) mass is 789 g/mol. The number of alkyl carbamates (subject to hydrolysis) is 1. The van der Waals surface area contributed by atoms with Crippen LogP contribution in [0.1, 0.15) is 76.6 Å². The van der Waals surface area contributed by atoms with Gasteiger partial charge in [-0.2, -0.15) is 10.5 Å². The summed E-state index contributed by atoms with van der Waals surface area (Å²) in [6.45, 7) is 11.0. The molecule has 0 aliphatic carbocycles. The molecular weight excluding hydrogens is 746 g/mol. The number of carbonyl (C=O) groups is 3. The molecule has 1 fully saturated rings. The number of carboxylic acids is 1. The number of nitrogens with one attached hydrogen (secondary N) is 1. The summed E-state index contributed by atoms with van der Waals surface area (Å²) in [5, 5.41) is 32.4. The van der Waals surface area contributed by atoms with Crippen LogP contribution in [0.5, 0.6) is 11.5 Å². The fourth-order valence-corrected chi connectivity index (χ4v) is 6.58. The molecular formula is C44H44FN5O8. The summed E-state index contributed by atoms with van der Waals surface area (Å²) in [5.74, 6) is -1.29. The van der Waals surface area contributed by atoms with Crippen LogP contribution in [0.2, 0.25) is 0 Å². The predicted octanol–water partition coefficient (Wildman–Crippen LogP) is 8.74. The van der Waals surface area contributed by atoms with E-state index in [0.717, 1.165) is 11.6 Å². The summed E-state index contributed by atoms with van der Waals surface area (Å²) in [4.78, 5) is 43.7. The highest BCUT2D eigenvalue weighted by atomic mass is 19.1. The van der Waals surface area contributed by atoms with E-state index in [1.54, 1.807) is 78.1 Å². The number of aromatic nitrogens is 1. The molecule has 2 heterocycles. The van der Waals surface area contributed by atoms with Gasteiger partial charge in [-0.3, -0.25) is 0 Å². The van der Waals surface area contributed by atoms with E-state index in [1.807, 2.05) is 23.1 Å². The van der Waals surface area contributed by atoms with E-state index in [0.29, 0.717) is 59.6 Å². The van der Waals surface area contributed by atoms with Gasteiger partial charge in [-0.1, -0.05) is 36.4 Å². The van der Waals surface area contributed by atoms with Gasteiger partial charge in [-0.25, -0.2) is 23.8 Å². The highest BCUT2D eigenvalue weighted by Crippen LogP contribution is 2.43. The van der Waals surface area contributed by atoms with Crippen molar-refractivity contribution in [3.63, 3.8) is 0 Å². The molecule has 0 radical (unpaired) electrons. The minimum Gasteiger partial charge on any atom is -0.493 e. The summed E-state index contributed by atoms with van der Waals surface area (Å²) < 4.78 is 37.2. The molecule has 0 saturated carbocycles. The molecule has 1 amide bonds. The standard InChI is InChI=1S/C44H44FN5O8/c1-42(2,3)57-40(53)49-44(31-14-8-27(9-15-31)10-17-37(51)52)18-20-50(21-19-44)39-32(25-47)38(29-11-12-30(24-46)34(45)22-29)33(26-48-39)28-13-16-35(55-7)36(23-28)56-41(54)58-43(4,5)6/h8-17,22-23,26H,18-21H2,1-7H3,(H,49,53)(H,51,52)/b17-10+. The molecule has 0 unspecified atom stereocenters. The molecule has 0 atom stereocenters. The normalized spacial score (nSPS) is 13.9. The Morgan fingerprint density at radius 2 is 1.55 bits per heavy atom. The molecule has 1 aliphatic rings. The minimum atomic E-state index is -1.08. The van der Waals surface area contributed by atoms with E-state index in [2.05, 4.69) is 11.4 Å². The summed E-state index contributed by atoms with van der Waals surface area (Å²) in [7, 11) is 1.41. The average Bonchev–Trinajstić information content (AvgIpc) is 3.15.